The number of nitrogens with zero attached hydrogens (tertiary/aromatic N) is 1. The molecule has 0 aliphatic rings. The second-order valence-electron chi connectivity index (χ2n) is 4.33. The van der Waals surface area contributed by atoms with Crippen molar-refractivity contribution < 1.29 is 18.0 Å². The highest BCUT2D eigenvalue weighted by Crippen LogP contribution is 2.24. The molecule has 0 aromatic rings. The van der Waals surface area contributed by atoms with Gasteiger partial charge in [-0.2, -0.15) is 17.5 Å². The SMILES string of the molecule is CCCCS(CCCC)=NC(=O)/C=C(\C)C(F)(F)F. The first-order valence-corrected chi connectivity index (χ1v) is 8.02. The molecule has 19 heavy (non-hydrogen) atoms. The van der Waals surface area contributed by atoms with E-state index in [1.165, 1.54) is 0 Å². The van der Waals surface area contributed by atoms with Crippen LogP contribution in [0.5, 0.6) is 0 Å². The number of allylic oxidation sites excluding steroid dienone is 1. The Morgan fingerprint density at radius 2 is 1.63 bits per heavy atom. The molecule has 0 atom stereocenters. The van der Waals surface area contributed by atoms with Crippen molar-refractivity contribution in [3.05, 3.63) is 11.6 Å². The van der Waals surface area contributed by atoms with Gasteiger partial charge in [0.15, 0.2) is 0 Å². The fourth-order valence-electron chi connectivity index (χ4n) is 1.24. The van der Waals surface area contributed by atoms with E-state index in [0.717, 1.165) is 44.1 Å². The topological polar surface area (TPSA) is 29.4 Å². The van der Waals surface area contributed by atoms with Crippen LogP contribution < -0.4 is 0 Å². The first-order valence-electron chi connectivity index (χ1n) is 6.50. The maximum Gasteiger partial charge on any atom is 0.412 e. The highest BCUT2D eigenvalue weighted by atomic mass is 32.2. The summed E-state index contributed by atoms with van der Waals surface area (Å²) in [6.07, 6.45) is 0.0408. The summed E-state index contributed by atoms with van der Waals surface area (Å²) in [5.74, 6) is 0.827. The number of rotatable bonds is 7. The van der Waals surface area contributed by atoms with Crippen molar-refractivity contribution in [2.45, 2.75) is 52.6 Å². The number of halogens is 3. The largest absolute Gasteiger partial charge is 0.412 e. The lowest BCUT2D eigenvalue weighted by Crippen LogP contribution is -2.11. The Balaban J connectivity index is 4.76. The Morgan fingerprint density at radius 1 is 1.16 bits per heavy atom. The lowest BCUT2D eigenvalue weighted by atomic mass is 10.3. The van der Waals surface area contributed by atoms with Crippen molar-refractivity contribution in [1.82, 2.24) is 0 Å². The fraction of sp³-hybridized carbons (Fsp3) is 0.769. The summed E-state index contributed by atoms with van der Waals surface area (Å²) >= 11 is 0. The molecule has 0 heterocycles. The second kappa shape index (κ2) is 9.28. The Bertz CT molecular complexity index is 338. The third-order valence-electron chi connectivity index (χ3n) is 2.47. The van der Waals surface area contributed by atoms with E-state index in [0.29, 0.717) is 6.08 Å². The summed E-state index contributed by atoms with van der Waals surface area (Å²) in [6.45, 7) is 4.97. The Morgan fingerprint density at radius 3 is 2.00 bits per heavy atom. The molecular weight excluding hydrogens is 275 g/mol. The van der Waals surface area contributed by atoms with Crippen LogP contribution in [0.15, 0.2) is 16.0 Å². The van der Waals surface area contributed by atoms with E-state index in [-0.39, 0.29) is 0 Å². The minimum atomic E-state index is -4.45. The monoisotopic (exact) mass is 297 g/mol. The van der Waals surface area contributed by atoms with E-state index in [1.807, 2.05) is 13.8 Å². The summed E-state index contributed by atoms with van der Waals surface area (Å²) in [6, 6.07) is 0. The van der Waals surface area contributed by atoms with Gasteiger partial charge in [0.1, 0.15) is 0 Å². The molecule has 0 rings (SSSR count). The van der Waals surface area contributed by atoms with E-state index < -0.39 is 28.3 Å². The molecule has 0 fully saturated rings. The number of hydrogen-bond donors (Lipinski definition) is 0. The van der Waals surface area contributed by atoms with E-state index in [9.17, 15) is 18.0 Å². The van der Waals surface area contributed by atoms with Crippen LogP contribution in [-0.2, 0) is 15.5 Å². The van der Waals surface area contributed by atoms with Crippen LogP contribution in [0, 0.1) is 0 Å². The number of hydrogen-bond acceptors (Lipinski definition) is 1. The number of carbonyl (C=O) groups excluding carboxylic acids is 1. The van der Waals surface area contributed by atoms with Gasteiger partial charge in [-0.25, -0.2) is 0 Å². The van der Waals surface area contributed by atoms with Crippen LogP contribution in [0.2, 0.25) is 0 Å². The van der Waals surface area contributed by atoms with Gasteiger partial charge in [0.05, 0.1) is 0 Å². The molecule has 0 bridgehead atoms. The predicted octanol–water partition coefficient (Wildman–Crippen LogP) is 4.42. The third kappa shape index (κ3) is 8.97. The molecule has 2 nitrogen and oxygen atoms in total. The standard InChI is InChI=1S/C13H22F3NOS/c1-4-6-8-19(9-7-5-2)17-12(18)10-11(3)13(14,15)16/h10H,4-9H2,1-3H3/b11-10+. The summed E-state index contributed by atoms with van der Waals surface area (Å²) in [4.78, 5) is 11.5. The number of unbranched alkanes of at least 4 members (excludes halogenated alkanes) is 2. The molecule has 112 valence electrons. The molecule has 0 unspecified atom stereocenters. The maximum absolute atomic E-state index is 12.3. The van der Waals surface area contributed by atoms with E-state index in [1.54, 1.807) is 0 Å². The molecule has 0 spiro atoms. The van der Waals surface area contributed by atoms with Crippen molar-refractivity contribution in [2.24, 2.45) is 4.36 Å². The molecule has 0 saturated carbocycles. The van der Waals surface area contributed by atoms with Crippen molar-refractivity contribution in [3.8, 4) is 0 Å². The van der Waals surface area contributed by atoms with Gasteiger partial charge in [0.2, 0.25) is 0 Å². The molecule has 6 heteroatoms. The Hall–Kier alpha value is -0.650. The highest BCUT2D eigenvalue weighted by molar-refractivity contribution is 7.87. The first kappa shape index (κ1) is 18.4. The van der Waals surface area contributed by atoms with Gasteiger partial charge in [0.25, 0.3) is 5.91 Å². The van der Waals surface area contributed by atoms with Crippen LogP contribution in [0.1, 0.15) is 46.5 Å². The Labute approximate surface area is 115 Å². The second-order valence-corrected chi connectivity index (χ2v) is 6.26. The van der Waals surface area contributed by atoms with E-state index >= 15 is 0 Å². The van der Waals surface area contributed by atoms with Gasteiger partial charge in [0, 0.05) is 23.2 Å². The third-order valence-corrected chi connectivity index (χ3v) is 4.43. The minimum absolute atomic E-state index is 0.434. The minimum Gasteiger partial charge on any atom is -0.267 e. The fourth-order valence-corrected chi connectivity index (χ4v) is 3.17. The van der Waals surface area contributed by atoms with Gasteiger partial charge >= 0.3 is 6.18 Å². The molecule has 0 aliphatic heterocycles. The number of amides is 1. The zero-order valence-corrected chi connectivity index (χ0v) is 12.5. The van der Waals surface area contributed by atoms with Crippen molar-refractivity contribution in [3.63, 3.8) is 0 Å². The zero-order valence-electron chi connectivity index (χ0n) is 11.7. The first-order chi connectivity index (χ1) is 8.81. The van der Waals surface area contributed by atoms with Crippen molar-refractivity contribution >= 4 is 16.6 Å². The summed E-state index contributed by atoms with van der Waals surface area (Å²) in [5, 5.41) is 0. The lowest BCUT2D eigenvalue weighted by Gasteiger charge is -2.07. The van der Waals surface area contributed by atoms with Gasteiger partial charge in [-0.05, 0) is 19.8 Å². The smallest absolute Gasteiger partial charge is 0.267 e. The van der Waals surface area contributed by atoms with Crippen LogP contribution in [0.25, 0.3) is 0 Å². The normalized spacial score (nSPS) is 12.9. The van der Waals surface area contributed by atoms with Crippen molar-refractivity contribution in [1.29, 1.82) is 0 Å². The van der Waals surface area contributed by atoms with E-state index in [2.05, 4.69) is 4.36 Å². The summed E-state index contributed by atoms with van der Waals surface area (Å²) in [7, 11) is -0.434. The van der Waals surface area contributed by atoms with Crippen molar-refractivity contribution in [2.75, 3.05) is 11.5 Å². The number of carbonyl (C=O) groups is 1. The lowest BCUT2D eigenvalue weighted by molar-refractivity contribution is -0.114. The average molecular weight is 297 g/mol. The highest BCUT2D eigenvalue weighted by Gasteiger charge is 2.30. The summed E-state index contributed by atoms with van der Waals surface area (Å²) in [5.41, 5.74) is -0.893. The summed E-state index contributed by atoms with van der Waals surface area (Å²) < 4.78 is 40.8. The average Bonchev–Trinajstić information content (AvgIpc) is 2.31. The van der Waals surface area contributed by atoms with Gasteiger partial charge in [-0.1, -0.05) is 37.4 Å². The molecule has 0 aromatic heterocycles. The molecule has 1 amide bonds. The van der Waals surface area contributed by atoms with Gasteiger partial charge < -0.3 is 0 Å². The molecule has 0 aromatic carbocycles. The Kier molecular flexibility index (Phi) is 8.97. The molecule has 0 radical (unpaired) electrons. The number of alkyl halides is 3. The van der Waals surface area contributed by atoms with Crippen LogP contribution in [0.4, 0.5) is 13.2 Å². The van der Waals surface area contributed by atoms with Gasteiger partial charge in [-0.15, -0.1) is 0 Å². The molecular formula is C13H22F3NOS. The van der Waals surface area contributed by atoms with Crippen LogP contribution in [-0.4, -0.2) is 23.6 Å². The predicted molar refractivity (Wildman–Crippen MR) is 74.2 cm³/mol. The maximum atomic E-state index is 12.3. The molecule has 0 saturated heterocycles. The zero-order chi connectivity index (χ0) is 14.9. The van der Waals surface area contributed by atoms with Crippen LogP contribution >= 0.6 is 0 Å². The van der Waals surface area contributed by atoms with Gasteiger partial charge in [-0.3, -0.25) is 4.79 Å². The molecule has 0 N–H and O–H groups in total. The molecule has 0 aliphatic carbocycles. The van der Waals surface area contributed by atoms with E-state index in [4.69, 9.17) is 0 Å². The quantitative estimate of drug-likeness (QED) is 0.639. The van der Waals surface area contributed by atoms with Crippen LogP contribution in [0.3, 0.4) is 0 Å².